The number of fused-ring (bicyclic) bond motifs is 1. The highest BCUT2D eigenvalue weighted by Crippen LogP contribution is 2.31. The molecule has 0 unspecified atom stereocenters. The third-order valence-corrected chi connectivity index (χ3v) is 6.58. The van der Waals surface area contributed by atoms with E-state index in [-0.39, 0.29) is 33.6 Å². The van der Waals surface area contributed by atoms with Gasteiger partial charge in [-0.3, -0.25) is 19.3 Å². The number of rotatable bonds is 9. The van der Waals surface area contributed by atoms with Crippen LogP contribution in [0.2, 0.25) is 0 Å². The largest absolute Gasteiger partial charge is 0.482 e. The van der Waals surface area contributed by atoms with E-state index >= 15 is 0 Å². The van der Waals surface area contributed by atoms with Gasteiger partial charge in [-0.05, 0) is 44.2 Å². The highest BCUT2D eigenvalue weighted by Gasteiger charge is 2.30. The molecule has 1 aromatic heterocycles. The molecule has 1 saturated heterocycles. The van der Waals surface area contributed by atoms with Crippen molar-refractivity contribution in [3.63, 3.8) is 0 Å². The third-order valence-electron chi connectivity index (χ3n) is 6.58. The van der Waals surface area contributed by atoms with E-state index < -0.39 is 35.8 Å². The number of hydrogen-bond acceptors (Lipinski definition) is 7. The molecular weight excluding hydrogens is 536 g/mol. The van der Waals surface area contributed by atoms with E-state index in [1.165, 1.54) is 31.2 Å². The van der Waals surface area contributed by atoms with Crippen molar-refractivity contribution >= 4 is 28.5 Å². The minimum absolute atomic E-state index is 0.0140. The summed E-state index contributed by atoms with van der Waals surface area (Å²) in [5, 5.41) is 2.96. The Bertz CT molecular complexity index is 1470. The van der Waals surface area contributed by atoms with Crippen LogP contribution in [0.25, 0.3) is 11.0 Å². The van der Waals surface area contributed by atoms with Gasteiger partial charge in [-0.15, -0.1) is 0 Å². The van der Waals surface area contributed by atoms with Gasteiger partial charge >= 0.3 is 6.18 Å². The van der Waals surface area contributed by atoms with Crippen molar-refractivity contribution < 1.29 is 36.3 Å². The molecule has 2 aromatic carbocycles. The lowest BCUT2D eigenvalue weighted by Crippen LogP contribution is -2.47. The van der Waals surface area contributed by atoms with Crippen LogP contribution < -0.4 is 26.1 Å². The SMILES string of the molecule is Cc1c(C(N)=O)oc2c(C(=O)NCCCN3CCN(c4ccc(F)cc4OCC(F)(F)F)CC3)cccc2c1=O. The fraction of sp³-hybridized carbons (Fsp3) is 0.370. The van der Waals surface area contributed by atoms with E-state index in [0.717, 1.165) is 6.07 Å². The van der Waals surface area contributed by atoms with Crippen molar-refractivity contribution in [3.05, 3.63) is 69.3 Å². The number of carbonyl (C=O) groups is 2. The van der Waals surface area contributed by atoms with E-state index in [1.807, 2.05) is 4.90 Å². The van der Waals surface area contributed by atoms with E-state index in [0.29, 0.717) is 51.4 Å². The predicted octanol–water partition coefficient (Wildman–Crippen LogP) is 3.22. The average molecular weight is 565 g/mol. The van der Waals surface area contributed by atoms with Crippen molar-refractivity contribution in [3.8, 4) is 5.75 Å². The Labute approximate surface area is 226 Å². The lowest BCUT2D eigenvalue weighted by Gasteiger charge is -2.36. The number of hydrogen-bond donors (Lipinski definition) is 2. The number of alkyl halides is 3. The number of nitrogens with one attached hydrogen (secondary N) is 1. The summed E-state index contributed by atoms with van der Waals surface area (Å²) >= 11 is 0. The summed E-state index contributed by atoms with van der Waals surface area (Å²) < 4.78 is 61.9. The lowest BCUT2D eigenvalue weighted by atomic mass is 10.1. The van der Waals surface area contributed by atoms with Crippen molar-refractivity contribution in [2.45, 2.75) is 19.5 Å². The number of amides is 2. The van der Waals surface area contributed by atoms with Gasteiger partial charge in [-0.25, -0.2) is 4.39 Å². The molecule has 4 rings (SSSR count). The number of anilines is 1. The molecule has 1 fully saturated rings. The first kappa shape index (κ1) is 28.9. The molecule has 3 aromatic rings. The van der Waals surface area contributed by atoms with Crippen LogP contribution in [-0.4, -0.2) is 68.8 Å². The van der Waals surface area contributed by atoms with E-state index in [1.54, 1.807) is 6.07 Å². The monoisotopic (exact) mass is 564 g/mol. The van der Waals surface area contributed by atoms with Gasteiger partial charge in [0.2, 0.25) is 0 Å². The Morgan fingerprint density at radius 1 is 1.12 bits per heavy atom. The van der Waals surface area contributed by atoms with E-state index in [4.69, 9.17) is 14.9 Å². The Morgan fingerprint density at radius 2 is 1.85 bits per heavy atom. The molecule has 1 aliphatic heterocycles. The molecule has 2 amide bonds. The van der Waals surface area contributed by atoms with Crippen LogP contribution in [0.3, 0.4) is 0 Å². The van der Waals surface area contributed by atoms with Crippen LogP contribution in [0.4, 0.5) is 23.2 Å². The summed E-state index contributed by atoms with van der Waals surface area (Å²) in [6, 6.07) is 8.09. The second kappa shape index (κ2) is 11.9. The molecule has 0 radical (unpaired) electrons. The second-order valence-electron chi connectivity index (χ2n) is 9.39. The Balaban J connectivity index is 1.30. The van der Waals surface area contributed by atoms with Gasteiger partial charge in [0.1, 0.15) is 11.6 Å². The van der Waals surface area contributed by atoms with Gasteiger partial charge in [0.05, 0.1) is 16.6 Å². The first-order valence-corrected chi connectivity index (χ1v) is 12.6. The van der Waals surface area contributed by atoms with Crippen LogP contribution in [-0.2, 0) is 0 Å². The number of halogens is 4. The summed E-state index contributed by atoms with van der Waals surface area (Å²) in [5.41, 5.74) is 5.43. The quantitative estimate of drug-likeness (QED) is 0.303. The van der Waals surface area contributed by atoms with Gasteiger partial charge in [0, 0.05) is 44.4 Å². The maximum Gasteiger partial charge on any atom is 0.422 e. The molecule has 0 atom stereocenters. The molecule has 0 spiro atoms. The van der Waals surface area contributed by atoms with Gasteiger partial charge in [-0.2, -0.15) is 13.2 Å². The number of piperazine rings is 1. The van der Waals surface area contributed by atoms with Crippen molar-refractivity contribution in [2.24, 2.45) is 5.73 Å². The number of para-hydroxylation sites is 1. The smallest absolute Gasteiger partial charge is 0.422 e. The van der Waals surface area contributed by atoms with Gasteiger partial charge < -0.3 is 25.1 Å². The summed E-state index contributed by atoms with van der Waals surface area (Å²) in [6.07, 6.45) is -3.94. The first-order chi connectivity index (χ1) is 18.9. The summed E-state index contributed by atoms with van der Waals surface area (Å²) in [7, 11) is 0. The third kappa shape index (κ3) is 6.71. The van der Waals surface area contributed by atoms with Gasteiger partial charge in [0.15, 0.2) is 23.4 Å². The molecule has 2 heterocycles. The van der Waals surface area contributed by atoms with Gasteiger partial charge in [-0.1, -0.05) is 6.07 Å². The van der Waals surface area contributed by atoms with Crippen molar-refractivity contribution in [1.82, 2.24) is 10.2 Å². The lowest BCUT2D eigenvalue weighted by molar-refractivity contribution is -0.153. The van der Waals surface area contributed by atoms with Gasteiger partial charge in [0.25, 0.3) is 11.8 Å². The Kier molecular flexibility index (Phi) is 8.62. The van der Waals surface area contributed by atoms with Crippen LogP contribution in [0.15, 0.2) is 45.6 Å². The number of nitrogens with two attached hydrogens (primary N) is 1. The highest BCUT2D eigenvalue weighted by atomic mass is 19.4. The summed E-state index contributed by atoms with van der Waals surface area (Å²) in [6.45, 7) is 3.09. The van der Waals surface area contributed by atoms with Crippen molar-refractivity contribution in [2.75, 3.05) is 50.8 Å². The minimum Gasteiger partial charge on any atom is -0.482 e. The molecule has 3 N–H and O–H groups in total. The molecule has 214 valence electrons. The normalized spacial score (nSPS) is 14.4. The molecule has 1 aliphatic rings. The molecule has 9 nitrogen and oxygen atoms in total. The molecule has 0 bridgehead atoms. The average Bonchev–Trinajstić information content (AvgIpc) is 2.91. The number of benzene rings is 2. The van der Waals surface area contributed by atoms with Crippen molar-refractivity contribution in [1.29, 1.82) is 0 Å². The van der Waals surface area contributed by atoms with Crippen LogP contribution in [0, 0.1) is 12.7 Å². The zero-order valence-electron chi connectivity index (χ0n) is 21.6. The van der Waals surface area contributed by atoms with Crippen LogP contribution in [0.1, 0.15) is 32.9 Å². The predicted molar refractivity (Wildman–Crippen MR) is 139 cm³/mol. The Morgan fingerprint density at radius 3 is 2.52 bits per heavy atom. The van der Waals surface area contributed by atoms with E-state index in [2.05, 4.69) is 10.2 Å². The topological polar surface area (TPSA) is 118 Å². The molecule has 0 saturated carbocycles. The maximum absolute atomic E-state index is 13.6. The molecule has 40 heavy (non-hydrogen) atoms. The van der Waals surface area contributed by atoms with E-state index in [9.17, 15) is 31.9 Å². The molecule has 13 heteroatoms. The zero-order chi connectivity index (χ0) is 29.0. The number of primary amides is 1. The Hall–Kier alpha value is -4.13. The second-order valence-corrected chi connectivity index (χ2v) is 9.39. The standard InChI is InChI=1S/C27H28F4N4O5/c1-16-22(36)18-4-2-5-19(24(18)40-23(16)25(32)37)26(38)33-8-3-9-34-10-12-35(13-11-34)20-7-6-17(28)14-21(20)39-15-27(29,30)31/h2,4-7,14H,3,8-13,15H2,1H3,(H2,32,37)(H,33,38). The molecule has 0 aliphatic carbocycles. The fourth-order valence-electron chi connectivity index (χ4n) is 4.56. The minimum atomic E-state index is -4.54. The van der Waals surface area contributed by atoms with Crippen LogP contribution >= 0.6 is 0 Å². The summed E-state index contributed by atoms with van der Waals surface area (Å²) in [4.78, 5) is 41.1. The zero-order valence-corrected chi connectivity index (χ0v) is 21.6. The number of carbonyl (C=O) groups excluding carboxylic acids is 2. The highest BCUT2D eigenvalue weighted by molar-refractivity contribution is 6.05. The number of nitrogens with zero attached hydrogens (tertiary/aromatic N) is 2. The maximum atomic E-state index is 13.6. The van der Waals surface area contributed by atoms with Crippen LogP contribution in [0.5, 0.6) is 5.75 Å². The number of ether oxygens (including phenoxy) is 1. The first-order valence-electron chi connectivity index (χ1n) is 12.6. The fourth-order valence-corrected chi connectivity index (χ4v) is 4.56. The molecular formula is C27H28F4N4O5. The summed E-state index contributed by atoms with van der Waals surface area (Å²) in [5.74, 6) is -2.51.